The average Bonchev–Trinajstić information content (AvgIpc) is 2.95. The molecule has 0 radical (unpaired) electrons. The summed E-state index contributed by atoms with van der Waals surface area (Å²) in [6.45, 7) is 4.93. The first-order valence-corrected chi connectivity index (χ1v) is 8.91. The van der Waals surface area contributed by atoms with Crippen LogP contribution in [0.25, 0.3) is 0 Å². The lowest BCUT2D eigenvalue weighted by Crippen LogP contribution is -2.42. The summed E-state index contributed by atoms with van der Waals surface area (Å²) in [4.78, 5) is 0. The van der Waals surface area contributed by atoms with E-state index in [0.717, 1.165) is 18.5 Å². The van der Waals surface area contributed by atoms with E-state index in [4.69, 9.17) is 0 Å². The Bertz CT molecular complexity index is 539. The molecule has 1 N–H and O–H groups in total. The summed E-state index contributed by atoms with van der Waals surface area (Å²) >= 11 is 0. The smallest absolute Gasteiger partial charge is 0.282 e. The molecule has 1 aliphatic heterocycles. The predicted molar refractivity (Wildman–Crippen MR) is 92.3 cm³/mol. The van der Waals surface area contributed by atoms with Gasteiger partial charge in [0.2, 0.25) is 0 Å². The molecule has 2 rings (SSSR count). The van der Waals surface area contributed by atoms with Crippen molar-refractivity contribution in [3.63, 3.8) is 0 Å². The van der Waals surface area contributed by atoms with Gasteiger partial charge in [-0.3, -0.25) is 0 Å². The molecule has 1 atom stereocenters. The molecule has 126 valence electrons. The fourth-order valence-corrected chi connectivity index (χ4v) is 4.47. The lowest BCUT2D eigenvalue weighted by atomic mass is 10.1. The van der Waals surface area contributed by atoms with Crippen LogP contribution in [0, 0.1) is 5.92 Å². The first kappa shape index (κ1) is 19.4. The highest BCUT2D eigenvalue weighted by atomic mass is 35.5. The van der Waals surface area contributed by atoms with Crippen molar-refractivity contribution in [3.8, 4) is 0 Å². The Kier molecular flexibility index (Phi) is 7.79. The Morgan fingerprint density at radius 1 is 1.32 bits per heavy atom. The summed E-state index contributed by atoms with van der Waals surface area (Å²) in [7, 11) is -1.45. The molecule has 0 aromatic heterocycles. The Morgan fingerprint density at radius 3 is 2.59 bits per heavy atom. The third-order valence-electron chi connectivity index (χ3n) is 3.95. The Morgan fingerprint density at radius 2 is 2.00 bits per heavy atom. The van der Waals surface area contributed by atoms with E-state index in [9.17, 15) is 8.42 Å². The van der Waals surface area contributed by atoms with Crippen LogP contribution in [0.15, 0.2) is 30.3 Å². The summed E-state index contributed by atoms with van der Waals surface area (Å²) in [5, 5.41) is 3.13. The van der Waals surface area contributed by atoms with Gasteiger partial charge in [-0.05, 0) is 31.5 Å². The number of rotatable bonds is 7. The molecule has 7 heteroatoms. The lowest BCUT2D eigenvalue weighted by molar-refractivity contribution is 0.359. The van der Waals surface area contributed by atoms with E-state index < -0.39 is 10.2 Å². The second kappa shape index (κ2) is 8.84. The van der Waals surface area contributed by atoms with Crippen LogP contribution in [0.3, 0.4) is 0 Å². The largest absolute Gasteiger partial charge is 0.319 e. The Balaban J connectivity index is 0.00000242. The minimum atomic E-state index is -3.36. The molecule has 0 saturated carbocycles. The topological polar surface area (TPSA) is 52.7 Å². The van der Waals surface area contributed by atoms with Gasteiger partial charge in [0.15, 0.2) is 0 Å². The summed E-state index contributed by atoms with van der Waals surface area (Å²) in [5.74, 6) is 0.417. The van der Waals surface area contributed by atoms with E-state index in [1.54, 1.807) is 8.61 Å². The van der Waals surface area contributed by atoms with Crippen molar-refractivity contribution in [3.05, 3.63) is 35.9 Å². The molecule has 1 aromatic carbocycles. The third kappa shape index (κ3) is 4.67. The van der Waals surface area contributed by atoms with E-state index in [-0.39, 0.29) is 12.4 Å². The molecule has 1 saturated heterocycles. The van der Waals surface area contributed by atoms with Crippen LogP contribution in [0.2, 0.25) is 0 Å². The molecular weight excluding hydrogens is 322 g/mol. The quantitative estimate of drug-likeness (QED) is 0.817. The minimum Gasteiger partial charge on any atom is -0.319 e. The third-order valence-corrected chi connectivity index (χ3v) is 5.97. The molecule has 22 heavy (non-hydrogen) atoms. The van der Waals surface area contributed by atoms with Crippen molar-refractivity contribution in [2.75, 3.05) is 33.2 Å². The zero-order valence-electron chi connectivity index (χ0n) is 13.2. The standard InChI is InChI=1S/C15H25N3O2S.ClH/c1-3-17(12-14-7-5-4-6-8-14)21(19,20)18-10-9-15(13-18)11-16-2;/h4-8,15-16H,3,9-13H2,1-2H3;1H. The highest BCUT2D eigenvalue weighted by Crippen LogP contribution is 2.22. The Labute approximate surface area is 140 Å². The fraction of sp³-hybridized carbons (Fsp3) is 0.600. The van der Waals surface area contributed by atoms with Gasteiger partial charge in [-0.25, -0.2) is 0 Å². The van der Waals surface area contributed by atoms with Crippen molar-refractivity contribution >= 4 is 22.6 Å². The molecule has 1 heterocycles. The minimum absolute atomic E-state index is 0. The maximum absolute atomic E-state index is 12.7. The second-order valence-electron chi connectivity index (χ2n) is 5.49. The number of halogens is 1. The van der Waals surface area contributed by atoms with E-state index >= 15 is 0 Å². The van der Waals surface area contributed by atoms with Gasteiger partial charge in [0.1, 0.15) is 0 Å². The van der Waals surface area contributed by atoms with Crippen LogP contribution in [-0.2, 0) is 16.8 Å². The number of hydrogen-bond donors (Lipinski definition) is 1. The zero-order chi connectivity index (χ0) is 15.3. The molecule has 0 aliphatic carbocycles. The zero-order valence-corrected chi connectivity index (χ0v) is 14.9. The van der Waals surface area contributed by atoms with Gasteiger partial charge >= 0.3 is 0 Å². The highest BCUT2D eigenvalue weighted by molar-refractivity contribution is 7.86. The van der Waals surface area contributed by atoms with Crippen molar-refractivity contribution in [1.29, 1.82) is 0 Å². The number of nitrogens with zero attached hydrogens (tertiary/aromatic N) is 2. The summed E-state index contributed by atoms with van der Waals surface area (Å²) in [6, 6.07) is 9.75. The van der Waals surface area contributed by atoms with Crippen LogP contribution in [0.5, 0.6) is 0 Å². The molecule has 0 spiro atoms. The monoisotopic (exact) mass is 347 g/mol. The first-order chi connectivity index (χ1) is 10.1. The van der Waals surface area contributed by atoms with E-state index in [1.807, 2.05) is 44.3 Å². The maximum atomic E-state index is 12.7. The van der Waals surface area contributed by atoms with E-state index in [0.29, 0.717) is 32.1 Å². The van der Waals surface area contributed by atoms with Gasteiger partial charge in [0, 0.05) is 26.2 Å². The number of hydrogen-bond acceptors (Lipinski definition) is 3. The van der Waals surface area contributed by atoms with Crippen LogP contribution < -0.4 is 5.32 Å². The summed E-state index contributed by atoms with van der Waals surface area (Å²) < 4.78 is 28.7. The van der Waals surface area contributed by atoms with Gasteiger partial charge < -0.3 is 5.32 Å². The molecule has 0 amide bonds. The van der Waals surface area contributed by atoms with Crippen LogP contribution in [-0.4, -0.2) is 50.3 Å². The number of benzene rings is 1. The molecule has 1 aromatic rings. The van der Waals surface area contributed by atoms with Crippen LogP contribution in [0.1, 0.15) is 18.9 Å². The molecular formula is C15H26ClN3O2S. The van der Waals surface area contributed by atoms with E-state index in [2.05, 4.69) is 5.32 Å². The first-order valence-electron chi connectivity index (χ1n) is 7.51. The second-order valence-corrected chi connectivity index (χ2v) is 7.42. The van der Waals surface area contributed by atoms with E-state index in [1.165, 1.54) is 0 Å². The average molecular weight is 348 g/mol. The SMILES string of the molecule is CCN(Cc1ccccc1)S(=O)(=O)N1CCC(CNC)C1.Cl. The highest BCUT2D eigenvalue weighted by Gasteiger charge is 2.34. The van der Waals surface area contributed by atoms with Gasteiger partial charge in [-0.1, -0.05) is 37.3 Å². The molecule has 5 nitrogen and oxygen atoms in total. The van der Waals surface area contributed by atoms with Gasteiger partial charge in [-0.15, -0.1) is 12.4 Å². The van der Waals surface area contributed by atoms with Crippen molar-refractivity contribution in [2.45, 2.75) is 19.9 Å². The predicted octanol–water partition coefficient (Wildman–Crippen LogP) is 1.72. The molecule has 0 bridgehead atoms. The van der Waals surface area contributed by atoms with Crippen molar-refractivity contribution < 1.29 is 8.42 Å². The molecule has 1 aliphatic rings. The maximum Gasteiger partial charge on any atom is 0.282 e. The number of nitrogens with one attached hydrogen (secondary N) is 1. The fourth-order valence-electron chi connectivity index (χ4n) is 2.77. The van der Waals surface area contributed by atoms with Crippen molar-refractivity contribution in [1.82, 2.24) is 13.9 Å². The van der Waals surface area contributed by atoms with Crippen molar-refractivity contribution in [2.24, 2.45) is 5.92 Å². The van der Waals surface area contributed by atoms with Gasteiger partial charge in [0.25, 0.3) is 10.2 Å². The van der Waals surface area contributed by atoms with Gasteiger partial charge in [-0.2, -0.15) is 17.0 Å². The summed E-state index contributed by atoms with van der Waals surface area (Å²) in [6.07, 6.45) is 0.933. The lowest BCUT2D eigenvalue weighted by Gasteiger charge is -2.26. The molecule has 1 unspecified atom stereocenters. The van der Waals surface area contributed by atoms with Gasteiger partial charge in [0.05, 0.1) is 0 Å². The molecule has 1 fully saturated rings. The Hall–Kier alpha value is -0.660. The van der Waals surface area contributed by atoms with Crippen LogP contribution >= 0.6 is 12.4 Å². The van der Waals surface area contributed by atoms with Crippen LogP contribution in [0.4, 0.5) is 0 Å². The normalized spacial score (nSPS) is 19.3. The summed E-state index contributed by atoms with van der Waals surface area (Å²) in [5.41, 5.74) is 1.02.